The van der Waals surface area contributed by atoms with Gasteiger partial charge in [-0.1, -0.05) is 27.7 Å². The molecule has 0 saturated heterocycles. The van der Waals surface area contributed by atoms with E-state index in [2.05, 4.69) is 19.2 Å². The van der Waals surface area contributed by atoms with Crippen molar-refractivity contribution >= 4 is 5.91 Å². The van der Waals surface area contributed by atoms with Gasteiger partial charge in [0.1, 0.15) is 0 Å². The van der Waals surface area contributed by atoms with Crippen molar-refractivity contribution < 1.29 is 9.53 Å². The monoisotopic (exact) mass is 216 g/mol. The number of ether oxygens (including phenoxy) is 1. The molecular formula is C11H24N2O2. The molecule has 0 radical (unpaired) electrons. The normalized spacial score (nSPS) is 13.3. The molecule has 0 aromatic rings. The van der Waals surface area contributed by atoms with Gasteiger partial charge in [0.15, 0.2) is 0 Å². The Morgan fingerprint density at radius 3 is 2.40 bits per heavy atom. The van der Waals surface area contributed by atoms with E-state index in [9.17, 15) is 4.79 Å². The number of hydrogen-bond donors (Lipinski definition) is 2. The van der Waals surface area contributed by atoms with Crippen molar-refractivity contribution in [2.75, 3.05) is 19.8 Å². The van der Waals surface area contributed by atoms with E-state index in [0.29, 0.717) is 19.1 Å². The molecule has 0 aliphatic rings. The lowest BCUT2D eigenvalue weighted by atomic mass is 10.1. The zero-order valence-corrected chi connectivity index (χ0v) is 10.2. The van der Waals surface area contributed by atoms with Crippen LogP contribution in [-0.4, -0.2) is 31.7 Å². The number of carbonyl (C=O) groups is 1. The van der Waals surface area contributed by atoms with Crippen molar-refractivity contribution in [2.45, 2.75) is 33.7 Å². The highest BCUT2D eigenvalue weighted by Gasteiger charge is 2.15. The Labute approximate surface area is 92.6 Å². The lowest BCUT2D eigenvalue weighted by molar-refractivity contribution is -0.123. The molecule has 1 atom stereocenters. The second-order valence-electron chi connectivity index (χ2n) is 4.53. The van der Waals surface area contributed by atoms with Gasteiger partial charge in [0.2, 0.25) is 5.91 Å². The Morgan fingerprint density at radius 2 is 1.93 bits per heavy atom. The van der Waals surface area contributed by atoms with Crippen molar-refractivity contribution in [2.24, 2.45) is 17.6 Å². The standard InChI is InChI=1S/C11H24N2O2/c1-8(2)7-15-6-5-13-11(14)10(12)9(3)4/h8-10H,5-7,12H2,1-4H3,(H,13,14)/t10-/m1/s1. The van der Waals surface area contributed by atoms with E-state index >= 15 is 0 Å². The molecule has 0 saturated carbocycles. The maximum atomic E-state index is 11.4. The molecule has 0 spiro atoms. The lowest BCUT2D eigenvalue weighted by Gasteiger charge is -2.15. The molecule has 0 aliphatic carbocycles. The maximum absolute atomic E-state index is 11.4. The summed E-state index contributed by atoms with van der Waals surface area (Å²) in [6.07, 6.45) is 0. The Balaban J connectivity index is 3.47. The highest BCUT2D eigenvalue weighted by molar-refractivity contribution is 5.81. The molecule has 3 N–H and O–H groups in total. The van der Waals surface area contributed by atoms with Crippen LogP contribution in [0.5, 0.6) is 0 Å². The third-order valence-corrected chi connectivity index (χ3v) is 2.02. The van der Waals surface area contributed by atoms with Gasteiger partial charge in [-0.05, 0) is 11.8 Å². The summed E-state index contributed by atoms with van der Waals surface area (Å²) >= 11 is 0. The minimum atomic E-state index is -0.421. The van der Waals surface area contributed by atoms with Crippen LogP contribution in [0.3, 0.4) is 0 Å². The quantitative estimate of drug-likeness (QED) is 0.617. The fourth-order valence-electron chi connectivity index (χ4n) is 0.986. The number of nitrogens with one attached hydrogen (secondary N) is 1. The van der Waals surface area contributed by atoms with Gasteiger partial charge < -0.3 is 15.8 Å². The number of rotatable bonds is 7. The summed E-state index contributed by atoms with van der Waals surface area (Å²) in [7, 11) is 0. The molecule has 0 aromatic carbocycles. The molecule has 0 fully saturated rings. The summed E-state index contributed by atoms with van der Waals surface area (Å²) in [5.74, 6) is 0.596. The van der Waals surface area contributed by atoms with Crippen LogP contribution in [0, 0.1) is 11.8 Å². The first kappa shape index (κ1) is 14.4. The van der Waals surface area contributed by atoms with Crippen LogP contribution in [0.25, 0.3) is 0 Å². The Bertz CT molecular complexity index is 181. The second kappa shape index (κ2) is 7.65. The molecule has 0 unspecified atom stereocenters. The van der Waals surface area contributed by atoms with Gasteiger partial charge in [0.25, 0.3) is 0 Å². The smallest absolute Gasteiger partial charge is 0.237 e. The van der Waals surface area contributed by atoms with Crippen molar-refractivity contribution in [1.29, 1.82) is 0 Å². The molecule has 4 heteroatoms. The molecule has 0 aliphatic heterocycles. The van der Waals surface area contributed by atoms with Gasteiger partial charge in [-0.25, -0.2) is 0 Å². The summed E-state index contributed by atoms with van der Waals surface area (Å²) in [5.41, 5.74) is 5.67. The SMILES string of the molecule is CC(C)COCCNC(=O)[C@H](N)C(C)C. The van der Waals surface area contributed by atoms with Crippen LogP contribution in [-0.2, 0) is 9.53 Å². The zero-order chi connectivity index (χ0) is 11.8. The number of carbonyl (C=O) groups excluding carboxylic acids is 1. The molecule has 0 heterocycles. The van der Waals surface area contributed by atoms with Crippen LogP contribution in [0.4, 0.5) is 0 Å². The van der Waals surface area contributed by atoms with Gasteiger partial charge in [-0.2, -0.15) is 0 Å². The molecule has 4 nitrogen and oxygen atoms in total. The minimum Gasteiger partial charge on any atom is -0.379 e. The Morgan fingerprint density at radius 1 is 1.33 bits per heavy atom. The summed E-state index contributed by atoms with van der Waals surface area (Å²) in [4.78, 5) is 11.4. The number of nitrogens with two attached hydrogens (primary N) is 1. The first-order chi connectivity index (χ1) is 6.95. The lowest BCUT2D eigenvalue weighted by Crippen LogP contribution is -2.44. The van der Waals surface area contributed by atoms with E-state index in [-0.39, 0.29) is 11.8 Å². The van der Waals surface area contributed by atoms with Gasteiger partial charge in [-0.15, -0.1) is 0 Å². The minimum absolute atomic E-state index is 0.0989. The first-order valence-electron chi connectivity index (χ1n) is 5.56. The topological polar surface area (TPSA) is 64.3 Å². The fraction of sp³-hybridized carbons (Fsp3) is 0.909. The van der Waals surface area contributed by atoms with E-state index in [1.165, 1.54) is 0 Å². The van der Waals surface area contributed by atoms with E-state index < -0.39 is 6.04 Å². The first-order valence-corrected chi connectivity index (χ1v) is 5.56. The molecule has 1 amide bonds. The van der Waals surface area contributed by atoms with E-state index in [1.807, 2.05) is 13.8 Å². The second-order valence-corrected chi connectivity index (χ2v) is 4.53. The maximum Gasteiger partial charge on any atom is 0.237 e. The highest BCUT2D eigenvalue weighted by Crippen LogP contribution is 1.97. The van der Waals surface area contributed by atoms with E-state index in [4.69, 9.17) is 10.5 Å². The summed E-state index contributed by atoms with van der Waals surface area (Å²) in [6, 6.07) is -0.421. The molecule has 0 aromatic heterocycles. The molecule has 0 rings (SSSR count). The van der Waals surface area contributed by atoms with Gasteiger partial charge in [0.05, 0.1) is 12.6 Å². The van der Waals surface area contributed by atoms with Gasteiger partial charge in [-0.3, -0.25) is 4.79 Å². The van der Waals surface area contributed by atoms with Crippen molar-refractivity contribution in [1.82, 2.24) is 5.32 Å². The van der Waals surface area contributed by atoms with Crippen LogP contribution in [0.2, 0.25) is 0 Å². The van der Waals surface area contributed by atoms with Gasteiger partial charge >= 0.3 is 0 Å². The van der Waals surface area contributed by atoms with E-state index in [0.717, 1.165) is 6.61 Å². The summed E-state index contributed by atoms with van der Waals surface area (Å²) < 4.78 is 5.33. The van der Waals surface area contributed by atoms with Crippen molar-refractivity contribution in [3.63, 3.8) is 0 Å². The summed E-state index contributed by atoms with van der Waals surface area (Å²) in [6.45, 7) is 9.85. The largest absolute Gasteiger partial charge is 0.379 e. The summed E-state index contributed by atoms with van der Waals surface area (Å²) in [5, 5.41) is 2.75. The predicted octanol–water partition coefficient (Wildman–Crippen LogP) is 0.759. The van der Waals surface area contributed by atoms with Crippen LogP contribution < -0.4 is 11.1 Å². The Hall–Kier alpha value is -0.610. The highest BCUT2D eigenvalue weighted by atomic mass is 16.5. The molecule has 90 valence electrons. The van der Waals surface area contributed by atoms with Crippen molar-refractivity contribution in [3.05, 3.63) is 0 Å². The van der Waals surface area contributed by atoms with E-state index in [1.54, 1.807) is 0 Å². The zero-order valence-electron chi connectivity index (χ0n) is 10.2. The van der Waals surface area contributed by atoms with Crippen LogP contribution in [0.1, 0.15) is 27.7 Å². The molecular weight excluding hydrogens is 192 g/mol. The third-order valence-electron chi connectivity index (χ3n) is 2.02. The number of hydrogen-bond acceptors (Lipinski definition) is 3. The average Bonchev–Trinajstić information content (AvgIpc) is 2.15. The van der Waals surface area contributed by atoms with Crippen LogP contribution >= 0.6 is 0 Å². The fourth-order valence-corrected chi connectivity index (χ4v) is 0.986. The van der Waals surface area contributed by atoms with Crippen molar-refractivity contribution in [3.8, 4) is 0 Å². The third kappa shape index (κ3) is 7.33. The average molecular weight is 216 g/mol. The van der Waals surface area contributed by atoms with Crippen LogP contribution in [0.15, 0.2) is 0 Å². The Kier molecular flexibility index (Phi) is 7.34. The predicted molar refractivity (Wildman–Crippen MR) is 61.5 cm³/mol. The molecule has 15 heavy (non-hydrogen) atoms. The molecule has 0 bridgehead atoms. The number of amides is 1. The van der Waals surface area contributed by atoms with Gasteiger partial charge in [0, 0.05) is 13.2 Å².